The van der Waals surface area contributed by atoms with E-state index < -0.39 is 18.0 Å². The number of hydrogen-bond donors (Lipinski definition) is 3. The lowest BCUT2D eigenvalue weighted by molar-refractivity contribution is -0.126. The molecule has 146 valence electrons. The predicted molar refractivity (Wildman–Crippen MR) is 101 cm³/mol. The van der Waals surface area contributed by atoms with Crippen molar-refractivity contribution in [3.05, 3.63) is 59.7 Å². The fourth-order valence-electron chi connectivity index (χ4n) is 2.74. The van der Waals surface area contributed by atoms with Crippen LogP contribution in [0.15, 0.2) is 48.5 Å². The number of ether oxygens (including phenoxy) is 2. The van der Waals surface area contributed by atoms with Gasteiger partial charge in [0.25, 0.3) is 5.91 Å². The largest absolute Gasteiger partial charge is 0.493 e. The topological polar surface area (TPSA) is 106 Å². The second-order valence-electron chi connectivity index (χ2n) is 6.26. The zero-order valence-corrected chi connectivity index (χ0v) is 15.4. The van der Waals surface area contributed by atoms with Gasteiger partial charge in [-0.25, -0.2) is 4.79 Å². The van der Waals surface area contributed by atoms with E-state index in [0.717, 1.165) is 11.1 Å². The number of hydrogen-bond acceptors (Lipinski definition) is 5. The van der Waals surface area contributed by atoms with Crippen molar-refractivity contribution >= 4 is 17.8 Å². The molecule has 0 spiro atoms. The molecule has 0 aliphatic carbocycles. The molecule has 1 saturated heterocycles. The molecule has 0 bridgehead atoms. The third-order valence-electron chi connectivity index (χ3n) is 4.20. The Labute approximate surface area is 162 Å². The van der Waals surface area contributed by atoms with Crippen LogP contribution in [-0.4, -0.2) is 31.0 Å². The minimum Gasteiger partial charge on any atom is -0.493 e. The van der Waals surface area contributed by atoms with Gasteiger partial charge in [0.05, 0.1) is 13.5 Å². The van der Waals surface area contributed by atoms with Crippen LogP contribution in [0, 0.1) is 0 Å². The highest BCUT2D eigenvalue weighted by Gasteiger charge is 2.31. The van der Waals surface area contributed by atoms with E-state index in [1.165, 1.54) is 0 Å². The second kappa shape index (κ2) is 8.90. The molecule has 3 N–H and O–H groups in total. The summed E-state index contributed by atoms with van der Waals surface area (Å²) in [5.74, 6) is 0.323. The maximum Gasteiger partial charge on any atom is 0.322 e. The molecular weight excluding hydrogens is 362 g/mol. The molecule has 1 aliphatic rings. The SMILES string of the molecule is COc1cc(CNC(=O)CC2NC(=O)NC2=O)ccc1OCc1ccccc1. The average Bonchev–Trinajstić information content (AvgIpc) is 3.02. The molecule has 0 aromatic heterocycles. The Morgan fingerprint density at radius 2 is 1.86 bits per heavy atom. The van der Waals surface area contributed by atoms with Crippen molar-refractivity contribution in [2.45, 2.75) is 25.6 Å². The summed E-state index contributed by atoms with van der Waals surface area (Å²) in [6.07, 6.45) is -0.118. The summed E-state index contributed by atoms with van der Waals surface area (Å²) < 4.78 is 11.2. The minimum absolute atomic E-state index is 0.118. The van der Waals surface area contributed by atoms with Crippen molar-refractivity contribution in [1.29, 1.82) is 0 Å². The molecule has 3 rings (SSSR count). The van der Waals surface area contributed by atoms with Crippen LogP contribution in [0.2, 0.25) is 0 Å². The van der Waals surface area contributed by atoms with E-state index in [4.69, 9.17) is 9.47 Å². The number of rotatable bonds is 8. The number of methoxy groups -OCH3 is 1. The van der Waals surface area contributed by atoms with Crippen LogP contribution in [0.5, 0.6) is 11.5 Å². The van der Waals surface area contributed by atoms with Crippen LogP contribution >= 0.6 is 0 Å². The van der Waals surface area contributed by atoms with Crippen LogP contribution in [0.4, 0.5) is 4.79 Å². The third kappa shape index (κ3) is 5.00. The summed E-state index contributed by atoms with van der Waals surface area (Å²) in [7, 11) is 1.55. The van der Waals surface area contributed by atoms with Gasteiger partial charge in [0.1, 0.15) is 12.6 Å². The summed E-state index contributed by atoms with van der Waals surface area (Å²) in [4.78, 5) is 34.6. The second-order valence-corrected chi connectivity index (χ2v) is 6.26. The van der Waals surface area contributed by atoms with Gasteiger partial charge in [0, 0.05) is 6.54 Å². The summed E-state index contributed by atoms with van der Waals surface area (Å²) in [5, 5.41) is 7.20. The van der Waals surface area contributed by atoms with E-state index in [-0.39, 0.29) is 18.9 Å². The molecule has 0 saturated carbocycles. The average molecular weight is 383 g/mol. The maximum absolute atomic E-state index is 12.0. The van der Waals surface area contributed by atoms with Crippen molar-refractivity contribution in [2.24, 2.45) is 0 Å². The van der Waals surface area contributed by atoms with E-state index in [0.29, 0.717) is 18.1 Å². The van der Waals surface area contributed by atoms with Crippen LogP contribution in [0.1, 0.15) is 17.5 Å². The Bertz CT molecular complexity index is 869. The first kappa shape index (κ1) is 19.2. The molecule has 1 fully saturated rings. The Morgan fingerprint density at radius 1 is 1.07 bits per heavy atom. The zero-order chi connectivity index (χ0) is 19.9. The first-order valence-electron chi connectivity index (χ1n) is 8.77. The van der Waals surface area contributed by atoms with E-state index in [9.17, 15) is 14.4 Å². The van der Waals surface area contributed by atoms with Crippen molar-refractivity contribution < 1.29 is 23.9 Å². The molecule has 1 heterocycles. The van der Waals surface area contributed by atoms with Gasteiger partial charge in [0.2, 0.25) is 5.91 Å². The van der Waals surface area contributed by atoms with Gasteiger partial charge in [-0.15, -0.1) is 0 Å². The van der Waals surface area contributed by atoms with Gasteiger partial charge < -0.3 is 20.1 Å². The van der Waals surface area contributed by atoms with Crippen molar-refractivity contribution in [3.8, 4) is 11.5 Å². The molecule has 1 unspecified atom stereocenters. The summed E-state index contributed by atoms with van der Waals surface area (Å²) in [5.41, 5.74) is 1.86. The van der Waals surface area contributed by atoms with Crippen LogP contribution in [0.3, 0.4) is 0 Å². The number of amides is 4. The molecule has 2 aromatic rings. The predicted octanol–water partition coefficient (Wildman–Crippen LogP) is 1.49. The lowest BCUT2D eigenvalue weighted by atomic mass is 10.1. The van der Waals surface area contributed by atoms with E-state index >= 15 is 0 Å². The first-order valence-corrected chi connectivity index (χ1v) is 8.77. The highest BCUT2D eigenvalue weighted by Crippen LogP contribution is 2.28. The lowest BCUT2D eigenvalue weighted by Crippen LogP contribution is -2.36. The van der Waals surface area contributed by atoms with Gasteiger partial charge in [0.15, 0.2) is 11.5 Å². The number of nitrogens with one attached hydrogen (secondary N) is 3. The molecule has 4 amide bonds. The van der Waals surface area contributed by atoms with Crippen molar-refractivity contribution in [3.63, 3.8) is 0 Å². The fraction of sp³-hybridized carbons (Fsp3) is 0.250. The molecule has 28 heavy (non-hydrogen) atoms. The summed E-state index contributed by atoms with van der Waals surface area (Å²) in [6.45, 7) is 0.679. The number of imide groups is 1. The molecule has 2 aromatic carbocycles. The quantitative estimate of drug-likeness (QED) is 0.599. The monoisotopic (exact) mass is 383 g/mol. The van der Waals surface area contributed by atoms with Crippen molar-refractivity contribution in [2.75, 3.05) is 7.11 Å². The van der Waals surface area contributed by atoms with Gasteiger partial charge in [-0.3, -0.25) is 14.9 Å². The van der Waals surface area contributed by atoms with Gasteiger partial charge in [-0.1, -0.05) is 36.4 Å². The van der Waals surface area contributed by atoms with Crippen molar-refractivity contribution in [1.82, 2.24) is 16.0 Å². The molecule has 1 aliphatic heterocycles. The Kier molecular flexibility index (Phi) is 6.11. The standard InChI is InChI=1S/C20H21N3O5/c1-27-17-9-14(7-8-16(17)28-12-13-5-3-2-4-6-13)11-21-18(24)10-15-19(25)23-20(26)22-15/h2-9,15H,10-12H2,1H3,(H,21,24)(H2,22,23,25,26). The summed E-state index contributed by atoms with van der Waals surface area (Å²) in [6, 6.07) is 13.8. The number of urea groups is 1. The zero-order valence-electron chi connectivity index (χ0n) is 15.4. The summed E-state index contributed by atoms with van der Waals surface area (Å²) >= 11 is 0. The highest BCUT2D eigenvalue weighted by molar-refractivity contribution is 6.05. The lowest BCUT2D eigenvalue weighted by Gasteiger charge is -2.13. The molecular formula is C20H21N3O5. The fourth-order valence-corrected chi connectivity index (χ4v) is 2.74. The van der Waals surface area contributed by atoms with Crippen LogP contribution in [0.25, 0.3) is 0 Å². The van der Waals surface area contributed by atoms with E-state index in [2.05, 4.69) is 16.0 Å². The molecule has 1 atom stereocenters. The normalized spacial score (nSPS) is 15.5. The number of carbonyl (C=O) groups is 3. The van der Waals surface area contributed by atoms with Crippen LogP contribution < -0.4 is 25.4 Å². The minimum atomic E-state index is -0.837. The van der Waals surface area contributed by atoms with Gasteiger partial charge >= 0.3 is 6.03 Å². The first-order chi connectivity index (χ1) is 13.5. The molecule has 0 radical (unpaired) electrons. The molecule has 8 nitrogen and oxygen atoms in total. The Morgan fingerprint density at radius 3 is 2.54 bits per heavy atom. The number of benzene rings is 2. The highest BCUT2D eigenvalue weighted by atomic mass is 16.5. The Hall–Kier alpha value is -3.55. The molecule has 8 heteroatoms. The Balaban J connectivity index is 1.53. The van der Waals surface area contributed by atoms with Gasteiger partial charge in [-0.05, 0) is 23.3 Å². The maximum atomic E-state index is 12.0. The smallest absolute Gasteiger partial charge is 0.322 e. The van der Waals surface area contributed by atoms with Gasteiger partial charge in [-0.2, -0.15) is 0 Å². The van der Waals surface area contributed by atoms with Crippen LogP contribution in [-0.2, 0) is 22.7 Å². The number of carbonyl (C=O) groups excluding carboxylic acids is 3. The third-order valence-corrected chi connectivity index (χ3v) is 4.20. The van der Waals surface area contributed by atoms with E-state index in [1.54, 1.807) is 19.2 Å². The van der Waals surface area contributed by atoms with E-state index in [1.807, 2.05) is 36.4 Å².